The Hall–Kier alpha value is -4.53. The molecule has 10 rings (SSSR count). The zero-order chi connectivity index (χ0) is 94.6. The van der Waals surface area contributed by atoms with Gasteiger partial charge in [0.1, 0.15) is 232 Å². The van der Waals surface area contributed by atoms with Crippen LogP contribution in [-0.2, 0) is 114 Å². The maximum Gasteiger partial charge on any atom is 0.364 e. The second-order valence-corrected chi connectivity index (χ2v) is 32.4. The van der Waals surface area contributed by atoms with Gasteiger partial charge in [-0.15, -0.1) is 0 Å². The third kappa shape index (κ3) is 22.9. The number of nitrogens with one attached hydrogen (secondary N) is 4. The van der Waals surface area contributed by atoms with Crippen molar-refractivity contribution >= 4 is 29.6 Å². The molecule has 4 amide bonds. The second kappa shape index (κ2) is 45.4. The van der Waals surface area contributed by atoms with Crippen molar-refractivity contribution < 1.29 is 262 Å². The summed E-state index contributed by atoms with van der Waals surface area (Å²) in [5.74, 6) is -9.54. The number of ether oxygens (including phenoxy) is 19. The van der Waals surface area contributed by atoms with E-state index in [9.17, 15) is 172 Å². The summed E-state index contributed by atoms with van der Waals surface area (Å²) in [6.45, 7) is -5.83. The zero-order valence-corrected chi connectivity index (χ0v) is 68.7. The van der Waals surface area contributed by atoms with Gasteiger partial charge in [0.15, 0.2) is 56.6 Å². The quantitative estimate of drug-likeness (QED) is 0.0284. The maximum atomic E-state index is 13.4. The Balaban J connectivity index is 0.977. The molecule has 0 aliphatic carbocycles. The number of hydrogen-bond donors (Lipinski definition) is 33. The Morgan fingerprint density at radius 2 is 0.688 bits per heavy atom. The summed E-state index contributed by atoms with van der Waals surface area (Å²) < 4.78 is 112. The molecule has 57 heteroatoms. The number of aliphatic hydroxyl groups excluding tert-OH is 28. The largest absolute Gasteiger partial charge is 0.477 e. The van der Waals surface area contributed by atoms with Crippen LogP contribution in [0.15, 0.2) is 0 Å². The van der Waals surface area contributed by atoms with Crippen LogP contribution in [0.2, 0.25) is 0 Å². The van der Waals surface area contributed by atoms with Gasteiger partial charge in [-0.2, -0.15) is 0 Å². The van der Waals surface area contributed by atoms with Crippen molar-refractivity contribution in [1.29, 1.82) is 0 Å². The third-order valence-corrected chi connectivity index (χ3v) is 23.4. The van der Waals surface area contributed by atoms with Gasteiger partial charge in [-0.05, 0) is 6.92 Å². The summed E-state index contributed by atoms with van der Waals surface area (Å²) in [7, 11) is 0. The molecule has 128 heavy (non-hydrogen) atoms. The third-order valence-electron chi connectivity index (χ3n) is 23.4. The van der Waals surface area contributed by atoms with Crippen molar-refractivity contribution in [3.8, 4) is 0 Å². The summed E-state index contributed by atoms with van der Waals surface area (Å²) in [5.41, 5.74) is 0. The molecular formula is C71H118N4O53. The molecule has 10 aliphatic heterocycles. The number of aliphatic carboxylic acids is 1. The Kier molecular flexibility index (Phi) is 37.4. The standard InChI is InChI=1S/C71H118N4O53/c1-16-35(90)44(99)48(103)65(111-16)126-60-45(100)37(92)23(8-77)116-69(60)122-53-28(13-82)117-62(32(42(53)97)73-18(3)85)110-15-30-41(96)58(50(105)67(119-30)123-55-34(75-20(5)87)64(113-24(9-78)38(55)93)125-57-39(94)25(10-79)114-66(49(57)104)121-54-27(12-81)112-61(107)47(102)46(54)101)124-63-33(74-19(4)86)43(98)52(29(14-83)118-63)120-68-51(106)59(40(95)26(11-80)115-68)128-71(70(108)109)6-21(88)31(72-17(2)84)56(127-71)36(91)22(89)7-76/h16,21-69,76-83,88-107H,6-15H2,1-5H3,(H,72,84)(H,73,85)(H,74,86)(H,75,87)(H,108,109)/t16-,21-,22+,23+,24+,25+,26+,27+,28+,29+,30+,31+,32+,33+,34+,35+,36+,37-,38+,39-,40-,41-,42+,43+,44+,45-,46+,47+,48-,49+,50+,51+,52+,53+,54+,55+,56+,57-,58-,59-,60+,61+,62+,63-,64-,65-,66-,67-,68-,69-,71-/m0/s1. The number of carbonyl (C=O) groups is 5. The van der Waals surface area contributed by atoms with Crippen LogP contribution in [-0.4, -0.2) is 550 Å². The Morgan fingerprint density at radius 3 is 1.18 bits per heavy atom. The summed E-state index contributed by atoms with van der Waals surface area (Å²) in [6, 6.07) is -8.02. The molecule has 0 bridgehead atoms. The van der Waals surface area contributed by atoms with E-state index in [2.05, 4.69) is 21.3 Å². The molecule has 10 fully saturated rings. The number of aliphatic hydroxyl groups is 28. The van der Waals surface area contributed by atoms with E-state index in [1.165, 1.54) is 6.92 Å². The van der Waals surface area contributed by atoms with E-state index in [1.807, 2.05) is 0 Å². The monoisotopic (exact) mass is 1870 g/mol. The van der Waals surface area contributed by atoms with Crippen LogP contribution < -0.4 is 21.3 Å². The highest BCUT2D eigenvalue weighted by Gasteiger charge is 2.64. The molecule has 10 heterocycles. The lowest BCUT2D eigenvalue weighted by atomic mass is 9.88. The molecular weight excluding hydrogens is 1760 g/mol. The molecule has 33 N–H and O–H groups in total. The van der Waals surface area contributed by atoms with Crippen LogP contribution in [0.4, 0.5) is 0 Å². The predicted octanol–water partition coefficient (Wildman–Crippen LogP) is -22.0. The van der Waals surface area contributed by atoms with Gasteiger partial charge in [0.25, 0.3) is 5.79 Å². The van der Waals surface area contributed by atoms with Crippen molar-refractivity contribution in [3.63, 3.8) is 0 Å². The predicted molar refractivity (Wildman–Crippen MR) is 392 cm³/mol. The average Bonchev–Trinajstić information content (AvgIpc) is 0.773. The van der Waals surface area contributed by atoms with E-state index in [0.717, 1.165) is 27.7 Å². The number of carboxylic acids is 1. The van der Waals surface area contributed by atoms with E-state index < -0.39 is 408 Å². The summed E-state index contributed by atoms with van der Waals surface area (Å²) in [6.07, 6.45) is -100. The summed E-state index contributed by atoms with van der Waals surface area (Å²) >= 11 is 0. The molecule has 51 atom stereocenters. The van der Waals surface area contributed by atoms with Crippen LogP contribution in [0.3, 0.4) is 0 Å². The van der Waals surface area contributed by atoms with E-state index in [4.69, 9.17) is 90.0 Å². The first kappa shape index (κ1) is 106. The first-order valence-corrected chi connectivity index (χ1v) is 40.6. The molecule has 10 aliphatic rings. The van der Waals surface area contributed by atoms with Crippen LogP contribution in [0, 0.1) is 0 Å². The summed E-state index contributed by atoms with van der Waals surface area (Å²) in [5, 5.41) is 333. The molecule has 57 nitrogen and oxygen atoms in total. The van der Waals surface area contributed by atoms with Gasteiger partial charge in [0.2, 0.25) is 23.6 Å². The molecule has 0 aromatic carbocycles. The van der Waals surface area contributed by atoms with Crippen molar-refractivity contribution in [2.24, 2.45) is 0 Å². The highest BCUT2D eigenvalue weighted by Crippen LogP contribution is 2.43. The van der Waals surface area contributed by atoms with Crippen molar-refractivity contribution in [1.82, 2.24) is 21.3 Å². The number of carbonyl (C=O) groups excluding carboxylic acids is 4. The van der Waals surface area contributed by atoms with Crippen molar-refractivity contribution in [2.45, 2.75) is 353 Å². The van der Waals surface area contributed by atoms with E-state index in [1.54, 1.807) is 0 Å². The molecule has 0 saturated carbocycles. The topological polar surface area (TPSA) is 896 Å². The van der Waals surface area contributed by atoms with E-state index >= 15 is 0 Å². The highest BCUT2D eigenvalue weighted by atomic mass is 16.8. The highest BCUT2D eigenvalue weighted by molar-refractivity contribution is 5.77. The second-order valence-electron chi connectivity index (χ2n) is 32.4. The fraction of sp³-hybridized carbons (Fsp3) is 0.930. The first-order valence-electron chi connectivity index (χ1n) is 40.6. The summed E-state index contributed by atoms with van der Waals surface area (Å²) in [4.78, 5) is 65.6. The first-order chi connectivity index (χ1) is 60.4. The number of rotatable bonds is 34. The molecule has 0 spiro atoms. The smallest absolute Gasteiger partial charge is 0.364 e. The molecule has 0 aromatic rings. The van der Waals surface area contributed by atoms with Crippen molar-refractivity contribution in [2.75, 3.05) is 59.5 Å². The van der Waals surface area contributed by atoms with Gasteiger partial charge >= 0.3 is 5.97 Å². The van der Waals surface area contributed by atoms with Crippen molar-refractivity contribution in [3.05, 3.63) is 0 Å². The fourth-order valence-corrected chi connectivity index (χ4v) is 16.6. The van der Waals surface area contributed by atoms with Gasteiger partial charge in [0.05, 0.1) is 77.7 Å². The maximum absolute atomic E-state index is 13.4. The fourth-order valence-electron chi connectivity index (χ4n) is 16.6. The SMILES string of the molecule is CC(=O)N[C@H]1[C@H](O[C@H]2[C@@H](O)[C@@H](CO[C@@H]3O[C@H](CO)[C@@H](O[C@@H]4O[C@H](CO)[C@H](O)[C@H](O)[C@H]4O[C@@H]4O[C@@H](C)[C@@H](O)[C@@H](O)[C@@H]4O)[C@H](O)[C@H]3NC(C)=O)O[C@@H](O[C@H]3[C@H](O)[C@@H](CO)O[C@@H](O[C@H]4[C@@H](O)[C@@H](CO)O[C@@H](O[C@H]5[C@H](O)[C@@H](O)[C@H](O)O[C@@H]5CO)[C@@H]4O)[C@@H]3NC(C)=O)[C@@H]2O)O[C@H](CO)[C@@H](O[C@@H]2O[C@H](CO)[C@H](O)[C@H](O[C@]3(C(=O)O)C[C@H](O)[C@@H](NC(C)=O)[C@H]([C@H](O)[C@H](O)CO)O3)[C@H]2O)[C@@H]1O. The lowest BCUT2D eigenvalue weighted by Crippen LogP contribution is -2.71. The van der Waals surface area contributed by atoms with Crippen LogP contribution in [0.1, 0.15) is 41.0 Å². The minimum absolute atomic E-state index is 0.850. The lowest BCUT2D eigenvalue weighted by molar-refractivity contribution is -0.393. The van der Waals surface area contributed by atoms with Gasteiger partial charge < -0.3 is 259 Å². The Bertz CT molecular complexity index is 3530. The van der Waals surface area contributed by atoms with Gasteiger partial charge in [0, 0.05) is 34.1 Å². The normalized spacial score (nSPS) is 48.4. The number of carboxylic acid groups (broad SMARTS) is 1. The minimum atomic E-state index is -3.34. The average molecular weight is 1880 g/mol. The molecule has 0 radical (unpaired) electrons. The van der Waals surface area contributed by atoms with Gasteiger partial charge in [-0.3, -0.25) is 19.2 Å². The number of amides is 4. The molecule has 740 valence electrons. The Labute approximate surface area is 723 Å². The number of hydrogen-bond acceptors (Lipinski definition) is 52. The molecule has 0 unspecified atom stereocenters. The van der Waals surface area contributed by atoms with Crippen LogP contribution in [0.25, 0.3) is 0 Å². The zero-order valence-electron chi connectivity index (χ0n) is 68.7. The van der Waals surface area contributed by atoms with Gasteiger partial charge in [-0.1, -0.05) is 0 Å². The minimum Gasteiger partial charge on any atom is -0.477 e. The molecule has 0 aromatic heterocycles. The van der Waals surface area contributed by atoms with Crippen LogP contribution >= 0.6 is 0 Å². The molecule has 10 saturated heterocycles. The van der Waals surface area contributed by atoms with Crippen LogP contribution in [0.5, 0.6) is 0 Å². The van der Waals surface area contributed by atoms with Gasteiger partial charge in [-0.25, -0.2) is 4.79 Å². The van der Waals surface area contributed by atoms with E-state index in [-0.39, 0.29) is 0 Å². The van der Waals surface area contributed by atoms with E-state index in [0.29, 0.717) is 0 Å². The Morgan fingerprint density at radius 1 is 0.336 bits per heavy atom. The lowest BCUT2D eigenvalue weighted by Gasteiger charge is -2.52.